The SMILES string of the molecule is CC(=O)c1ccc2cc(C=Cc3ccc(N(C)C)cc3)ccc2c1. The minimum Gasteiger partial charge on any atom is -0.378 e. The summed E-state index contributed by atoms with van der Waals surface area (Å²) < 4.78 is 0. The highest BCUT2D eigenvalue weighted by molar-refractivity contribution is 5.98. The monoisotopic (exact) mass is 315 g/mol. The van der Waals surface area contributed by atoms with Crippen LogP contribution in [0, 0.1) is 0 Å². The van der Waals surface area contributed by atoms with Gasteiger partial charge in [0.1, 0.15) is 0 Å². The van der Waals surface area contributed by atoms with Crippen LogP contribution in [-0.4, -0.2) is 19.9 Å². The number of carbonyl (C=O) groups is 1. The molecule has 0 radical (unpaired) electrons. The molecule has 0 N–H and O–H groups in total. The summed E-state index contributed by atoms with van der Waals surface area (Å²) in [5.41, 5.74) is 4.27. The maximum absolute atomic E-state index is 11.5. The van der Waals surface area contributed by atoms with Crippen LogP contribution in [0.1, 0.15) is 28.4 Å². The summed E-state index contributed by atoms with van der Waals surface area (Å²) in [6, 6.07) is 20.6. The highest BCUT2D eigenvalue weighted by atomic mass is 16.1. The van der Waals surface area contributed by atoms with Gasteiger partial charge in [0, 0.05) is 25.3 Å². The predicted molar refractivity (Wildman–Crippen MR) is 104 cm³/mol. The molecule has 0 saturated heterocycles. The number of anilines is 1. The van der Waals surface area contributed by atoms with Crippen molar-refractivity contribution < 1.29 is 4.79 Å². The van der Waals surface area contributed by atoms with Gasteiger partial charge in [0.25, 0.3) is 0 Å². The molecule has 2 nitrogen and oxygen atoms in total. The van der Waals surface area contributed by atoms with E-state index in [1.165, 1.54) is 11.3 Å². The van der Waals surface area contributed by atoms with Crippen LogP contribution in [0.3, 0.4) is 0 Å². The zero-order chi connectivity index (χ0) is 17.1. The number of carbonyl (C=O) groups excluding carboxylic acids is 1. The second-order valence-corrected chi connectivity index (χ2v) is 6.20. The van der Waals surface area contributed by atoms with Gasteiger partial charge in [0.05, 0.1) is 0 Å². The van der Waals surface area contributed by atoms with E-state index < -0.39 is 0 Å². The van der Waals surface area contributed by atoms with Gasteiger partial charge in [-0.15, -0.1) is 0 Å². The molecular weight excluding hydrogens is 294 g/mol. The summed E-state index contributed by atoms with van der Waals surface area (Å²) in [7, 11) is 4.08. The Labute approximate surface area is 143 Å². The van der Waals surface area contributed by atoms with E-state index >= 15 is 0 Å². The van der Waals surface area contributed by atoms with E-state index in [0.717, 1.165) is 21.9 Å². The third-order valence-electron chi connectivity index (χ3n) is 4.15. The Morgan fingerprint density at radius 1 is 0.792 bits per heavy atom. The fraction of sp³-hybridized carbons (Fsp3) is 0.136. The van der Waals surface area contributed by atoms with Gasteiger partial charge in [-0.3, -0.25) is 4.79 Å². The number of nitrogens with zero attached hydrogens (tertiary/aromatic N) is 1. The quantitative estimate of drug-likeness (QED) is 0.482. The highest BCUT2D eigenvalue weighted by Crippen LogP contribution is 2.20. The van der Waals surface area contributed by atoms with Crippen molar-refractivity contribution in [2.75, 3.05) is 19.0 Å². The van der Waals surface area contributed by atoms with Gasteiger partial charge in [-0.05, 0) is 53.1 Å². The third-order valence-corrected chi connectivity index (χ3v) is 4.15. The summed E-state index contributed by atoms with van der Waals surface area (Å²) in [5.74, 6) is 0.0991. The van der Waals surface area contributed by atoms with Gasteiger partial charge in [-0.25, -0.2) is 0 Å². The second kappa shape index (κ2) is 6.71. The molecule has 0 atom stereocenters. The van der Waals surface area contributed by atoms with Crippen molar-refractivity contribution in [2.45, 2.75) is 6.92 Å². The van der Waals surface area contributed by atoms with E-state index in [-0.39, 0.29) is 5.78 Å². The van der Waals surface area contributed by atoms with Gasteiger partial charge in [0.15, 0.2) is 5.78 Å². The van der Waals surface area contributed by atoms with Gasteiger partial charge in [-0.2, -0.15) is 0 Å². The van der Waals surface area contributed by atoms with E-state index in [0.29, 0.717) is 0 Å². The molecule has 0 heterocycles. The summed E-state index contributed by atoms with van der Waals surface area (Å²) in [6.45, 7) is 1.60. The van der Waals surface area contributed by atoms with Crippen LogP contribution in [-0.2, 0) is 0 Å². The van der Waals surface area contributed by atoms with Crippen molar-refractivity contribution >= 4 is 34.4 Å². The van der Waals surface area contributed by atoms with E-state index in [9.17, 15) is 4.79 Å². The molecule has 3 rings (SSSR count). The second-order valence-electron chi connectivity index (χ2n) is 6.20. The van der Waals surface area contributed by atoms with Crippen LogP contribution in [0.4, 0.5) is 5.69 Å². The van der Waals surface area contributed by atoms with Crippen molar-refractivity contribution in [2.24, 2.45) is 0 Å². The number of ketones is 1. The zero-order valence-electron chi connectivity index (χ0n) is 14.3. The van der Waals surface area contributed by atoms with Gasteiger partial charge < -0.3 is 4.90 Å². The average Bonchev–Trinajstić information content (AvgIpc) is 2.59. The Balaban J connectivity index is 1.84. The van der Waals surface area contributed by atoms with Crippen LogP contribution in [0.25, 0.3) is 22.9 Å². The summed E-state index contributed by atoms with van der Waals surface area (Å²) in [4.78, 5) is 13.6. The Hall–Kier alpha value is -2.87. The lowest BCUT2D eigenvalue weighted by atomic mass is 10.0. The molecule has 2 heteroatoms. The molecule has 0 spiro atoms. The molecule has 0 amide bonds. The predicted octanol–water partition coefficient (Wildman–Crippen LogP) is 5.28. The normalized spacial score (nSPS) is 11.1. The fourth-order valence-electron chi connectivity index (χ4n) is 2.66. The van der Waals surface area contributed by atoms with Crippen molar-refractivity contribution in [1.29, 1.82) is 0 Å². The third kappa shape index (κ3) is 3.54. The number of benzene rings is 3. The topological polar surface area (TPSA) is 20.3 Å². The van der Waals surface area contributed by atoms with Crippen molar-refractivity contribution in [3.05, 3.63) is 77.4 Å². The van der Waals surface area contributed by atoms with Crippen molar-refractivity contribution in [3.8, 4) is 0 Å². The lowest BCUT2D eigenvalue weighted by Gasteiger charge is -2.11. The molecule has 0 bridgehead atoms. The molecule has 0 aliphatic heterocycles. The molecule has 3 aromatic rings. The minimum atomic E-state index is 0.0991. The molecule has 0 aliphatic rings. The molecule has 3 aromatic carbocycles. The Morgan fingerprint density at radius 2 is 1.38 bits per heavy atom. The fourth-order valence-corrected chi connectivity index (χ4v) is 2.66. The smallest absolute Gasteiger partial charge is 0.159 e. The lowest BCUT2D eigenvalue weighted by Crippen LogP contribution is -2.07. The van der Waals surface area contributed by atoms with E-state index in [1.807, 2.05) is 32.3 Å². The molecule has 24 heavy (non-hydrogen) atoms. The number of hydrogen-bond donors (Lipinski definition) is 0. The molecule has 0 aromatic heterocycles. The van der Waals surface area contributed by atoms with Crippen LogP contribution >= 0.6 is 0 Å². The molecule has 0 unspecified atom stereocenters. The maximum Gasteiger partial charge on any atom is 0.159 e. The summed E-state index contributed by atoms with van der Waals surface area (Å²) >= 11 is 0. The number of rotatable bonds is 4. The van der Waals surface area contributed by atoms with Crippen LogP contribution < -0.4 is 4.90 Å². The first-order valence-corrected chi connectivity index (χ1v) is 8.03. The summed E-state index contributed by atoms with van der Waals surface area (Å²) in [5, 5.41) is 2.24. The Kier molecular flexibility index (Phi) is 4.48. The number of hydrogen-bond acceptors (Lipinski definition) is 2. The first-order valence-electron chi connectivity index (χ1n) is 8.03. The molecule has 120 valence electrons. The Morgan fingerprint density at radius 3 is 2.04 bits per heavy atom. The van der Waals surface area contributed by atoms with Crippen molar-refractivity contribution in [3.63, 3.8) is 0 Å². The first-order chi connectivity index (χ1) is 11.5. The molecule has 0 aliphatic carbocycles. The van der Waals surface area contributed by atoms with Gasteiger partial charge >= 0.3 is 0 Å². The minimum absolute atomic E-state index is 0.0991. The molecular formula is C22H21NO. The lowest BCUT2D eigenvalue weighted by molar-refractivity contribution is 0.101. The first kappa shape index (κ1) is 16.0. The average molecular weight is 315 g/mol. The van der Waals surface area contributed by atoms with Crippen LogP contribution in [0.15, 0.2) is 60.7 Å². The van der Waals surface area contributed by atoms with Crippen LogP contribution in [0.2, 0.25) is 0 Å². The van der Waals surface area contributed by atoms with Gasteiger partial charge in [-0.1, -0.05) is 48.6 Å². The van der Waals surface area contributed by atoms with Crippen LogP contribution in [0.5, 0.6) is 0 Å². The number of fused-ring (bicyclic) bond motifs is 1. The van der Waals surface area contributed by atoms with E-state index in [1.54, 1.807) is 6.92 Å². The summed E-state index contributed by atoms with van der Waals surface area (Å²) in [6.07, 6.45) is 4.23. The molecule has 0 saturated carbocycles. The highest BCUT2D eigenvalue weighted by Gasteiger charge is 2.01. The number of Topliss-reactive ketones (excluding diaryl/α,β-unsaturated/α-hetero) is 1. The standard InChI is InChI=1S/C22H21NO/c1-16(24)19-10-11-20-14-18(6-9-21(20)15-19)5-4-17-7-12-22(13-8-17)23(2)3/h4-15H,1-3H3. The van der Waals surface area contributed by atoms with E-state index in [2.05, 4.69) is 59.5 Å². The Bertz CT molecular complexity index is 905. The molecule has 0 fully saturated rings. The van der Waals surface area contributed by atoms with Gasteiger partial charge in [0.2, 0.25) is 0 Å². The maximum atomic E-state index is 11.5. The zero-order valence-corrected chi connectivity index (χ0v) is 14.3. The largest absolute Gasteiger partial charge is 0.378 e. The van der Waals surface area contributed by atoms with E-state index in [4.69, 9.17) is 0 Å². The van der Waals surface area contributed by atoms with Crippen molar-refractivity contribution in [1.82, 2.24) is 0 Å².